The van der Waals surface area contributed by atoms with Crippen LogP contribution in [0.1, 0.15) is 59.9 Å². The number of rotatable bonds is 12. The van der Waals surface area contributed by atoms with Crippen molar-refractivity contribution in [1.82, 2.24) is 25.2 Å². The maximum atomic E-state index is 14.8. The van der Waals surface area contributed by atoms with Crippen molar-refractivity contribution < 1.29 is 41.8 Å². The monoisotopic (exact) mass is 850 g/mol. The minimum atomic E-state index is -4.56. The molecule has 320 valence electrons. The maximum absolute atomic E-state index is 14.8. The summed E-state index contributed by atoms with van der Waals surface area (Å²) in [5, 5.41) is 15.7. The highest BCUT2D eigenvalue weighted by Crippen LogP contribution is 2.45. The zero-order valence-corrected chi connectivity index (χ0v) is 36.0. The van der Waals surface area contributed by atoms with Crippen molar-refractivity contribution in [3.63, 3.8) is 0 Å². The molecule has 1 aliphatic heterocycles. The normalized spacial score (nSPS) is 20.4. The fraction of sp³-hybridized carbons (Fsp3) is 0.378. The van der Waals surface area contributed by atoms with Crippen LogP contribution in [0.25, 0.3) is 22.2 Å². The van der Waals surface area contributed by atoms with Gasteiger partial charge in [0.1, 0.15) is 51.8 Å². The largest absolute Gasteiger partial charge is 0.497 e. The van der Waals surface area contributed by atoms with E-state index in [1.165, 1.54) is 35.2 Å². The van der Waals surface area contributed by atoms with Crippen LogP contribution in [0, 0.1) is 22.7 Å². The second kappa shape index (κ2) is 16.9. The van der Waals surface area contributed by atoms with E-state index in [-0.39, 0.29) is 24.9 Å². The van der Waals surface area contributed by atoms with E-state index in [1.54, 1.807) is 66.9 Å². The number of carbonyl (C=O) groups is 4. The van der Waals surface area contributed by atoms with E-state index in [0.717, 1.165) is 5.56 Å². The summed E-state index contributed by atoms with van der Waals surface area (Å²) < 4.78 is 46.6. The average Bonchev–Trinajstić information content (AvgIpc) is 3.77. The first-order valence-corrected chi connectivity index (χ1v) is 21.2. The molecule has 1 aliphatic carbocycles. The third-order valence-electron chi connectivity index (χ3n) is 10.5. The number of pyridine rings is 1. The van der Waals surface area contributed by atoms with Crippen molar-refractivity contribution in [3.8, 4) is 28.8 Å². The molecule has 0 radical (unpaired) electrons. The number of carbonyl (C=O) groups excluding carboxylic acids is 4. The lowest BCUT2D eigenvalue weighted by atomic mass is 9.85. The average molecular weight is 851 g/mol. The molecule has 16 heteroatoms. The fourth-order valence-electron chi connectivity index (χ4n) is 7.35. The van der Waals surface area contributed by atoms with Gasteiger partial charge in [-0.3, -0.25) is 14.4 Å². The summed E-state index contributed by atoms with van der Waals surface area (Å²) >= 11 is 0. The van der Waals surface area contributed by atoms with E-state index in [1.807, 2.05) is 47.2 Å². The molecule has 4 amide bonds. The Morgan fingerprint density at radius 1 is 1.00 bits per heavy atom. The Kier molecular flexibility index (Phi) is 12.2. The van der Waals surface area contributed by atoms with Crippen molar-refractivity contribution in [1.29, 1.82) is 5.26 Å². The molecule has 4 aromatic rings. The van der Waals surface area contributed by atoms with Gasteiger partial charge in [0, 0.05) is 35.4 Å². The summed E-state index contributed by atoms with van der Waals surface area (Å²) in [6.45, 7) is 14.0. The Hall–Kier alpha value is -6.47. The number of ether oxygens (including phenoxy) is 3. The van der Waals surface area contributed by atoms with Crippen molar-refractivity contribution >= 4 is 44.7 Å². The molecule has 0 bridgehead atoms. The first-order valence-electron chi connectivity index (χ1n) is 19.7. The van der Waals surface area contributed by atoms with Crippen LogP contribution in [0.3, 0.4) is 0 Å². The van der Waals surface area contributed by atoms with Crippen LogP contribution < -0.4 is 24.8 Å². The number of amides is 4. The van der Waals surface area contributed by atoms with E-state index < -0.39 is 79.4 Å². The number of likely N-dealkylation sites (tertiary alicyclic amines) is 1. The van der Waals surface area contributed by atoms with Gasteiger partial charge in [-0.2, -0.15) is 5.26 Å². The lowest BCUT2D eigenvalue weighted by Crippen LogP contribution is -2.60. The lowest BCUT2D eigenvalue weighted by Gasteiger charge is -2.36. The third kappa shape index (κ3) is 9.62. The second-order valence-corrected chi connectivity index (χ2v) is 18.9. The summed E-state index contributed by atoms with van der Waals surface area (Å²) in [7, 11) is -3.00. The predicted octanol–water partition coefficient (Wildman–Crippen LogP) is 5.64. The van der Waals surface area contributed by atoms with Crippen LogP contribution >= 0.6 is 0 Å². The van der Waals surface area contributed by atoms with E-state index in [0.29, 0.717) is 28.1 Å². The molecule has 1 aromatic heterocycles. The van der Waals surface area contributed by atoms with Gasteiger partial charge in [0.15, 0.2) is 0 Å². The SMILES string of the molecule is C=CC1C[C@]1(NC(=O)[C@@H]1C[C@@H](Oc2cc(-c3ccccc3)nc3cc(OC)ccc23)CN1C(=O)[C@@H](NC(=O)OC(C)(C)C)C(C)(C)C)C(=O)NS(=O)(=O)c1ccccc1C#N. The maximum Gasteiger partial charge on any atom is 0.408 e. The molecule has 6 rings (SSSR count). The Balaban J connectivity index is 1.36. The number of benzene rings is 3. The number of fused-ring (bicyclic) bond motifs is 1. The van der Waals surface area contributed by atoms with Crippen molar-refractivity contribution in [2.24, 2.45) is 11.3 Å². The number of nitriles is 1. The molecule has 2 heterocycles. The van der Waals surface area contributed by atoms with Gasteiger partial charge >= 0.3 is 6.09 Å². The topological polar surface area (TPSA) is 206 Å². The summed E-state index contributed by atoms with van der Waals surface area (Å²) in [4.78, 5) is 62.2. The Bertz CT molecular complexity index is 2530. The summed E-state index contributed by atoms with van der Waals surface area (Å²) in [6.07, 6.45) is -0.217. The van der Waals surface area contributed by atoms with Crippen LogP contribution in [-0.4, -0.2) is 85.1 Å². The molecular formula is C45H50N6O9S. The first kappa shape index (κ1) is 44.1. The minimum Gasteiger partial charge on any atom is -0.497 e. The third-order valence-corrected chi connectivity index (χ3v) is 11.9. The zero-order chi connectivity index (χ0) is 44.5. The molecule has 2 fully saturated rings. The van der Waals surface area contributed by atoms with Crippen LogP contribution in [0.2, 0.25) is 0 Å². The van der Waals surface area contributed by atoms with Crippen LogP contribution in [0.15, 0.2) is 96.4 Å². The molecule has 15 nitrogen and oxygen atoms in total. The number of nitrogens with zero attached hydrogens (tertiary/aromatic N) is 3. The van der Waals surface area contributed by atoms with Gasteiger partial charge in [0.25, 0.3) is 15.9 Å². The first-order chi connectivity index (χ1) is 28.7. The Labute approximate surface area is 355 Å². The van der Waals surface area contributed by atoms with E-state index in [9.17, 15) is 32.9 Å². The predicted molar refractivity (Wildman–Crippen MR) is 227 cm³/mol. The van der Waals surface area contributed by atoms with E-state index in [2.05, 4.69) is 17.2 Å². The second-order valence-electron chi connectivity index (χ2n) is 17.2. The molecule has 1 unspecified atom stereocenters. The van der Waals surface area contributed by atoms with E-state index >= 15 is 0 Å². The summed E-state index contributed by atoms with van der Waals surface area (Å²) in [5.74, 6) is -2.06. The smallest absolute Gasteiger partial charge is 0.408 e. The van der Waals surface area contributed by atoms with Crippen molar-refractivity contribution in [2.45, 2.75) is 88.6 Å². The molecule has 61 heavy (non-hydrogen) atoms. The fourth-order valence-corrected chi connectivity index (χ4v) is 8.55. The quantitative estimate of drug-likeness (QED) is 0.149. The molecule has 3 N–H and O–H groups in total. The number of sulfonamides is 1. The Morgan fingerprint density at radius 2 is 1.69 bits per heavy atom. The van der Waals surface area contributed by atoms with Crippen molar-refractivity contribution in [3.05, 3.63) is 97.1 Å². The molecule has 3 aromatic carbocycles. The number of hydrogen-bond acceptors (Lipinski definition) is 11. The Morgan fingerprint density at radius 3 is 2.31 bits per heavy atom. The summed E-state index contributed by atoms with van der Waals surface area (Å²) in [6, 6.07) is 21.4. The number of nitrogens with one attached hydrogen (secondary N) is 3. The molecule has 1 saturated carbocycles. The zero-order valence-electron chi connectivity index (χ0n) is 35.1. The molecular weight excluding hydrogens is 801 g/mol. The van der Waals surface area contributed by atoms with Gasteiger partial charge in [-0.05, 0) is 56.9 Å². The van der Waals surface area contributed by atoms with Gasteiger partial charge in [-0.15, -0.1) is 6.58 Å². The van der Waals surface area contributed by atoms with Gasteiger partial charge in [-0.1, -0.05) is 69.3 Å². The van der Waals surface area contributed by atoms with E-state index in [4.69, 9.17) is 19.2 Å². The van der Waals surface area contributed by atoms with Crippen molar-refractivity contribution in [2.75, 3.05) is 13.7 Å². The molecule has 5 atom stereocenters. The van der Waals surface area contributed by atoms with Crippen LogP contribution in [-0.2, 0) is 29.1 Å². The standard InChI is InChI=1S/C45H50N6O9S/c1-9-29-24-45(29,41(54)50-61(56,57)37-18-14-13-17-28(37)25-46)49-39(52)35-22-31(26-51(35)40(53)38(43(2,3)4)48-42(55)60-44(5,6)7)59-36-23-33(27-15-11-10-12-16-27)47-34-21-30(58-8)19-20-32(34)36/h9-21,23,29,31,35,38H,1,22,24,26H2,2-8H3,(H,48,55)(H,49,52)(H,50,54)/t29?,31-,35+,38-,45-/m1/s1. The van der Waals surface area contributed by atoms with Crippen LogP contribution in [0.5, 0.6) is 11.5 Å². The highest BCUT2D eigenvalue weighted by molar-refractivity contribution is 7.90. The number of aromatic nitrogens is 1. The van der Waals surface area contributed by atoms with Gasteiger partial charge in [0.2, 0.25) is 11.8 Å². The van der Waals surface area contributed by atoms with Crippen LogP contribution in [0.4, 0.5) is 4.79 Å². The highest BCUT2D eigenvalue weighted by Gasteiger charge is 2.61. The van der Waals surface area contributed by atoms with Gasteiger partial charge in [-0.25, -0.2) is 22.9 Å². The minimum absolute atomic E-state index is 0.0175. The molecule has 2 aliphatic rings. The highest BCUT2D eigenvalue weighted by atomic mass is 32.2. The molecule has 1 saturated heterocycles. The lowest BCUT2D eigenvalue weighted by molar-refractivity contribution is -0.143. The number of hydrogen-bond donors (Lipinski definition) is 3. The summed E-state index contributed by atoms with van der Waals surface area (Å²) in [5.41, 5.74) is -1.66. The van der Waals surface area contributed by atoms with Gasteiger partial charge in [0.05, 0.1) is 30.4 Å². The molecule has 0 spiro atoms. The number of alkyl carbamates (subject to hydrolysis) is 1. The number of methoxy groups -OCH3 is 1. The van der Waals surface area contributed by atoms with Gasteiger partial charge < -0.3 is 29.7 Å².